The number of hydrogen-bond donors (Lipinski definition) is 1. The molecule has 2 amide bonds. The largest absolute Gasteiger partial charge is 0.339 e. The van der Waals surface area contributed by atoms with Crippen LogP contribution in [0.1, 0.15) is 64.3 Å². The third-order valence-corrected chi connectivity index (χ3v) is 6.72. The maximum absolute atomic E-state index is 13.0. The molecule has 166 valence electrons. The van der Waals surface area contributed by atoms with Crippen LogP contribution in [0, 0.1) is 0 Å². The van der Waals surface area contributed by atoms with Crippen LogP contribution in [0.2, 0.25) is 0 Å². The summed E-state index contributed by atoms with van der Waals surface area (Å²) in [4.78, 5) is 44.0. The highest BCUT2D eigenvalue weighted by atomic mass is 16.2. The first-order valence-corrected chi connectivity index (χ1v) is 11.4. The SMILES string of the molecule is O=C(c1ccc[nH]c1=O)N1CCC(c2ccn3ncc(C(=O)N4CCCCC4)c3c2)CC1. The van der Waals surface area contributed by atoms with E-state index in [-0.39, 0.29) is 22.9 Å². The molecular weight excluding hydrogens is 406 g/mol. The summed E-state index contributed by atoms with van der Waals surface area (Å²) in [6, 6.07) is 7.38. The van der Waals surface area contributed by atoms with Crippen molar-refractivity contribution in [3.63, 3.8) is 0 Å². The molecule has 2 aliphatic rings. The summed E-state index contributed by atoms with van der Waals surface area (Å²) in [7, 11) is 0. The van der Waals surface area contributed by atoms with Crippen LogP contribution < -0.4 is 5.56 Å². The summed E-state index contributed by atoms with van der Waals surface area (Å²) in [6.07, 6.45) is 10.1. The Morgan fingerprint density at radius 2 is 1.66 bits per heavy atom. The van der Waals surface area contributed by atoms with Crippen molar-refractivity contribution in [1.82, 2.24) is 24.4 Å². The zero-order valence-corrected chi connectivity index (χ0v) is 18.0. The molecule has 3 aromatic heterocycles. The van der Waals surface area contributed by atoms with Gasteiger partial charge in [-0.15, -0.1) is 0 Å². The number of fused-ring (bicyclic) bond motifs is 1. The minimum atomic E-state index is -0.350. The topological polar surface area (TPSA) is 90.8 Å². The number of rotatable bonds is 3. The molecule has 5 heterocycles. The van der Waals surface area contributed by atoms with Crippen molar-refractivity contribution in [2.24, 2.45) is 0 Å². The number of pyridine rings is 2. The fourth-order valence-corrected chi connectivity index (χ4v) is 4.86. The van der Waals surface area contributed by atoms with Gasteiger partial charge in [0.15, 0.2) is 0 Å². The Labute approximate surface area is 185 Å². The van der Waals surface area contributed by atoms with Crippen molar-refractivity contribution in [3.05, 3.63) is 69.9 Å². The molecule has 0 radical (unpaired) electrons. The number of amides is 2. The lowest BCUT2D eigenvalue weighted by Crippen LogP contribution is -2.40. The first-order valence-electron chi connectivity index (χ1n) is 11.4. The van der Waals surface area contributed by atoms with Gasteiger partial charge in [-0.05, 0) is 67.9 Å². The maximum atomic E-state index is 13.0. The second-order valence-electron chi connectivity index (χ2n) is 8.68. The summed E-state index contributed by atoms with van der Waals surface area (Å²) >= 11 is 0. The van der Waals surface area contributed by atoms with Gasteiger partial charge in [0, 0.05) is 38.6 Å². The molecule has 0 unspecified atom stereocenters. The van der Waals surface area contributed by atoms with Crippen molar-refractivity contribution in [1.29, 1.82) is 0 Å². The van der Waals surface area contributed by atoms with E-state index < -0.39 is 0 Å². The summed E-state index contributed by atoms with van der Waals surface area (Å²) in [5, 5.41) is 4.38. The molecule has 0 aliphatic carbocycles. The molecule has 8 nitrogen and oxygen atoms in total. The maximum Gasteiger partial charge on any atom is 0.260 e. The van der Waals surface area contributed by atoms with Gasteiger partial charge in [-0.25, -0.2) is 4.52 Å². The molecule has 3 aromatic rings. The molecule has 2 fully saturated rings. The molecule has 5 rings (SSSR count). The van der Waals surface area contributed by atoms with Crippen molar-refractivity contribution in [2.75, 3.05) is 26.2 Å². The Hall–Kier alpha value is -3.42. The van der Waals surface area contributed by atoms with E-state index in [0.29, 0.717) is 24.6 Å². The number of nitrogens with zero attached hydrogens (tertiary/aromatic N) is 4. The minimum absolute atomic E-state index is 0.0605. The minimum Gasteiger partial charge on any atom is -0.339 e. The fourth-order valence-electron chi connectivity index (χ4n) is 4.86. The van der Waals surface area contributed by atoms with Gasteiger partial charge in [0.25, 0.3) is 17.4 Å². The van der Waals surface area contributed by atoms with Crippen LogP contribution >= 0.6 is 0 Å². The van der Waals surface area contributed by atoms with E-state index in [1.54, 1.807) is 27.7 Å². The fraction of sp³-hybridized carbons (Fsp3) is 0.417. The molecule has 0 spiro atoms. The third-order valence-electron chi connectivity index (χ3n) is 6.72. The number of carbonyl (C=O) groups excluding carboxylic acids is 2. The van der Waals surface area contributed by atoms with Gasteiger partial charge >= 0.3 is 0 Å². The Morgan fingerprint density at radius 3 is 2.41 bits per heavy atom. The standard InChI is InChI=1S/C24H27N5O3/c30-22-19(5-4-9-25-22)23(31)28-12-6-17(7-13-28)18-8-14-29-21(15-18)20(16-26-29)24(32)27-10-2-1-3-11-27/h4-5,8-9,14-17H,1-3,6-7,10-13H2,(H,25,30). The predicted octanol–water partition coefficient (Wildman–Crippen LogP) is 2.67. The molecule has 1 N–H and O–H groups in total. The molecular formula is C24H27N5O3. The number of aromatic nitrogens is 3. The third kappa shape index (κ3) is 3.81. The van der Waals surface area contributed by atoms with Crippen molar-refractivity contribution in [2.45, 2.75) is 38.0 Å². The van der Waals surface area contributed by atoms with E-state index >= 15 is 0 Å². The zero-order chi connectivity index (χ0) is 22.1. The highest BCUT2D eigenvalue weighted by Crippen LogP contribution is 2.30. The highest BCUT2D eigenvalue weighted by molar-refractivity contribution is 6.00. The van der Waals surface area contributed by atoms with Gasteiger partial charge < -0.3 is 14.8 Å². The van der Waals surface area contributed by atoms with E-state index in [2.05, 4.69) is 22.2 Å². The lowest BCUT2D eigenvalue weighted by molar-refractivity contribution is 0.0707. The molecule has 0 bridgehead atoms. The number of likely N-dealkylation sites (tertiary alicyclic amines) is 2. The summed E-state index contributed by atoms with van der Waals surface area (Å²) < 4.78 is 1.76. The lowest BCUT2D eigenvalue weighted by Gasteiger charge is -2.32. The molecule has 8 heteroatoms. The highest BCUT2D eigenvalue weighted by Gasteiger charge is 2.27. The monoisotopic (exact) mass is 433 g/mol. The Balaban J connectivity index is 1.31. The number of hydrogen-bond acceptors (Lipinski definition) is 4. The lowest BCUT2D eigenvalue weighted by atomic mass is 9.89. The van der Waals surface area contributed by atoms with Crippen molar-refractivity contribution < 1.29 is 9.59 Å². The van der Waals surface area contributed by atoms with Gasteiger partial charge in [0.1, 0.15) is 5.56 Å². The van der Waals surface area contributed by atoms with Gasteiger partial charge in [0.05, 0.1) is 17.3 Å². The first kappa shape index (κ1) is 20.5. The molecule has 2 aliphatic heterocycles. The number of H-pyrrole nitrogens is 1. The molecule has 2 saturated heterocycles. The second-order valence-corrected chi connectivity index (χ2v) is 8.68. The summed E-state index contributed by atoms with van der Waals surface area (Å²) in [6.45, 7) is 2.82. The number of nitrogens with one attached hydrogen (secondary N) is 1. The van der Waals surface area contributed by atoms with E-state index in [0.717, 1.165) is 49.9 Å². The van der Waals surface area contributed by atoms with Gasteiger partial charge in [0.2, 0.25) is 0 Å². The molecule has 0 saturated carbocycles. The quantitative estimate of drug-likeness (QED) is 0.688. The van der Waals surface area contributed by atoms with Gasteiger partial charge in [-0.1, -0.05) is 0 Å². The Morgan fingerprint density at radius 1 is 0.938 bits per heavy atom. The van der Waals surface area contributed by atoms with Crippen LogP contribution in [0.4, 0.5) is 0 Å². The average Bonchev–Trinajstić information content (AvgIpc) is 3.27. The Bertz CT molecular complexity index is 1200. The van der Waals surface area contributed by atoms with Crippen LogP contribution in [0.3, 0.4) is 0 Å². The summed E-state index contributed by atoms with van der Waals surface area (Å²) in [5.74, 6) is 0.141. The average molecular weight is 434 g/mol. The van der Waals surface area contributed by atoms with E-state index in [9.17, 15) is 14.4 Å². The summed E-state index contributed by atoms with van der Waals surface area (Å²) in [5.41, 5.74) is 2.50. The van der Waals surface area contributed by atoms with Crippen LogP contribution in [0.15, 0.2) is 47.7 Å². The van der Waals surface area contributed by atoms with Gasteiger partial charge in [-0.2, -0.15) is 5.10 Å². The van der Waals surface area contributed by atoms with Crippen LogP contribution in [0.5, 0.6) is 0 Å². The van der Waals surface area contributed by atoms with E-state index in [4.69, 9.17) is 0 Å². The first-order chi connectivity index (χ1) is 15.6. The number of carbonyl (C=O) groups is 2. The van der Waals surface area contributed by atoms with Crippen molar-refractivity contribution in [3.8, 4) is 0 Å². The number of piperidine rings is 2. The Kier molecular flexibility index (Phi) is 5.51. The van der Waals surface area contributed by atoms with E-state index in [1.807, 2.05) is 11.1 Å². The normalized spacial score (nSPS) is 17.6. The molecule has 0 atom stereocenters. The number of aromatic amines is 1. The van der Waals surface area contributed by atoms with Crippen LogP contribution in [-0.4, -0.2) is 62.4 Å². The van der Waals surface area contributed by atoms with Crippen molar-refractivity contribution >= 4 is 17.3 Å². The predicted molar refractivity (Wildman–Crippen MR) is 120 cm³/mol. The zero-order valence-electron chi connectivity index (χ0n) is 18.0. The molecule has 0 aromatic carbocycles. The van der Waals surface area contributed by atoms with Crippen LogP contribution in [0.25, 0.3) is 5.52 Å². The molecule has 32 heavy (non-hydrogen) atoms. The van der Waals surface area contributed by atoms with Gasteiger partial charge in [-0.3, -0.25) is 14.4 Å². The smallest absolute Gasteiger partial charge is 0.260 e. The van der Waals surface area contributed by atoms with Crippen LogP contribution in [-0.2, 0) is 0 Å². The second kappa shape index (κ2) is 8.61. The van der Waals surface area contributed by atoms with E-state index in [1.165, 1.54) is 12.6 Å².